The van der Waals surface area contributed by atoms with Crippen molar-refractivity contribution in [3.8, 4) is 0 Å². The van der Waals surface area contributed by atoms with Crippen molar-refractivity contribution < 1.29 is 27.2 Å². The number of pyridine rings is 2. The molecule has 0 aliphatic heterocycles. The largest absolute Gasteiger partial charge is 0.448 e. The van der Waals surface area contributed by atoms with E-state index in [9.17, 15) is 18.4 Å². The third-order valence-electron chi connectivity index (χ3n) is 7.46. The molecular formula is C33H31F2N9O4. The van der Waals surface area contributed by atoms with Crippen LogP contribution in [0.15, 0.2) is 82.3 Å². The fourth-order valence-corrected chi connectivity index (χ4v) is 4.90. The van der Waals surface area contributed by atoms with E-state index in [1.54, 1.807) is 0 Å². The number of aromatic nitrogens is 6. The summed E-state index contributed by atoms with van der Waals surface area (Å²) in [5.74, 6) is -0.489. The minimum atomic E-state index is -0.511. The second-order valence-electron chi connectivity index (χ2n) is 10.8. The maximum absolute atomic E-state index is 13.9. The van der Waals surface area contributed by atoms with Crippen molar-refractivity contribution in [2.75, 3.05) is 19.6 Å². The van der Waals surface area contributed by atoms with Crippen LogP contribution >= 0.6 is 0 Å². The molecule has 0 spiro atoms. The third-order valence-corrected chi connectivity index (χ3v) is 7.46. The van der Waals surface area contributed by atoms with Crippen LogP contribution in [-0.4, -0.2) is 66.3 Å². The fourth-order valence-electron chi connectivity index (χ4n) is 4.90. The summed E-state index contributed by atoms with van der Waals surface area (Å²) < 4.78 is 38.8. The first-order valence-corrected chi connectivity index (χ1v) is 15.2. The van der Waals surface area contributed by atoms with Gasteiger partial charge in [-0.2, -0.15) is 0 Å². The molecule has 6 aromatic rings. The number of rotatable bonds is 15. The number of carbonyl (C=O) groups excluding carboxylic acids is 2. The van der Waals surface area contributed by atoms with E-state index in [1.807, 2.05) is 24.3 Å². The van der Waals surface area contributed by atoms with Crippen LogP contribution in [-0.2, 0) is 32.4 Å². The van der Waals surface area contributed by atoms with Crippen LogP contribution in [0.4, 0.5) is 8.78 Å². The molecule has 48 heavy (non-hydrogen) atoms. The van der Waals surface area contributed by atoms with E-state index >= 15 is 0 Å². The van der Waals surface area contributed by atoms with Gasteiger partial charge < -0.3 is 29.4 Å². The van der Waals surface area contributed by atoms with Gasteiger partial charge in [-0.15, -0.1) is 0 Å². The molecule has 5 heterocycles. The number of amides is 2. The molecule has 3 N–H and O–H groups in total. The Kier molecular flexibility index (Phi) is 10.2. The average Bonchev–Trinajstić information content (AvgIpc) is 3.87. The topological polar surface area (TPSA) is 168 Å². The van der Waals surface area contributed by atoms with Crippen molar-refractivity contribution in [3.05, 3.63) is 125 Å². The van der Waals surface area contributed by atoms with Gasteiger partial charge in [0.15, 0.2) is 23.2 Å². The molecule has 0 unspecified atom stereocenters. The van der Waals surface area contributed by atoms with Crippen LogP contribution in [0.5, 0.6) is 0 Å². The number of nitrogens with one attached hydrogen (secondary N) is 3. The monoisotopic (exact) mass is 655 g/mol. The van der Waals surface area contributed by atoms with Gasteiger partial charge >= 0.3 is 0 Å². The standard InChI is InChI=1S/C33H31F2N9O4/c34-21-5-3-12-36-25(21)17-38-32(45)27-19-47-30(42-27)10-15-44(14-9-29-40-23-7-1-2-8-24(23)41-29)16-11-31-43-28(20-48-31)33(46)39-18-26-22(35)6-4-13-37-26/h1-8,12-13,19-20H,9-11,14-18H2,(H,38,45)(H,39,46)(H,40,41). The van der Waals surface area contributed by atoms with Crippen LogP contribution in [0, 0.1) is 11.6 Å². The molecule has 2 amide bonds. The lowest BCUT2D eigenvalue weighted by Gasteiger charge is -2.20. The zero-order valence-electron chi connectivity index (χ0n) is 25.7. The second-order valence-corrected chi connectivity index (χ2v) is 10.8. The summed E-state index contributed by atoms with van der Waals surface area (Å²) in [6.07, 6.45) is 6.84. The number of imidazole rings is 1. The van der Waals surface area contributed by atoms with Crippen molar-refractivity contribution in [1.82, 2.24) is 45.4 Å². The first-order valence-electron chi connectivity index (χ1n) is 15.2. The lowest BCUT2D eigenvalue weighted by molar-refractivity contribution is 0.0937. The smallest absolute Gasteiger partial charge is 0.273 e. The molecule has 246 valence electrons. The Morgan fingerprint density at radius 2 is 1.25 bits per heavy atom. The van der Waals surface area contributed by atoms with Crippen LogP contribution in [0.2, 0.25) is 0 Å². The lowest BCUT2D eigenvalue weighted by Crippen LogP contribution is -2.31. The SMILES string of the molecule is O=C(NCc1ncccc1F)c1coc(CCN(CCc2nc3ccccc3[nH]2)CCc2nc(C(=O)NCc3ncccc3F)co2)n1. The van der Waals surface area contributed by atoms with E-state index in [2.05, 4.69) is 45.4 Å². The first kappa shape index (κ1) is 32.1. The van der Waals surface area contributed by atoms with E-state index in [1.165, 1.54) is 49.2 Å². The molecule has 15 heteroatoms. The highest BCUT2D eigenvalue weighted by Crippen LogP contribution is 2.13. The Morgan fingerprint density at radius 1 is 0.708 bits per heavy atom. The van der Waals surface area contributed by atoms with Gasteiger partial charge in [-0.3, -0.25) is 19.6 Å². The van der Waals surface area contributed by atoms with Crippen molar-refractivity contribution >= 4 is 22.8 Å². The molecule has 0 saturated carbocycles. The summed E-state index contributed by atoms with van der Waals surface area (Å²) >= 11 is 0. The minimum Gasteiger partial charge on any atom is -0.448 e. The molecule has 0 aliphatic rings. The lowest BCUT2D eigenvalue weighted by atomic mass is 10.3. The van der Waals surface area contributed by atoms with Gasteiger partial charge in [0.2, 0.25) is 0 Å². The van der Waals surface area contributed by atoms with Gasteiger partial charge in [0.1, 0.15) is 30.0 Å². The predicted molar refractivity (Wildman–Crippen MR) is 167 cm³/mol. The van der Waals surface area contributed by atoms with E-state index < -0.39 is 23.4 Å². The van der Waals surface area contributed by atoms with E-state index in [-0.39, 0.29) is 35.9 Å². The van der Waals surface area contributed by atoms with Gasteiger partial charge in [-0.1, -0.05) is 12.1 Å². The molecule has 0 atom stereocenters. The molecule has 6 rings (SSSR count). The number of halogens is 2. The predicted octanol–water partition coefficient (Wildman–Crippen LogP) is 3.80. The summed E-state index contributed by atoms with van der Waals surface area (Å²) in [4.78, 5) is 51.8. The third kappa shape index (κ3) is 8.30. The zero-order chi connectivity index (χ0) is 33.3. The maximum atomic E-state index is 13.9. The van der Waals surface area contributed by atoms with Crippen molar-refractivity contribution in [3.63, 3.8) is 0 Å². The first-order chi connectivity index (χ1) is 23.4. The van der Waals surface area contributed by atoms with Gasteiger partial charge in [0.25, 0.3) is 11.8 Å². The van der Waals surface area contributed by atoms with E-state index in [4.69, 9.17) is 8.83 Å². The van der Waals surface area contributed by atoms with Crippen molar-refractivity contribution in [2.24, 2.45) is 0 Å². The quantitative estimate of drug-likeness (QED) is 0.148. The Labute approximate surface area is 272 Å². The number of aromatic amines is 1. The molecule has 0 aliphatic carbocycles. The molecule has 0 radical (unpaired) electrons. The Hall–Kier alpha value is -5.83. The number of fused-ring (bicyclic) bond motifs is 1. The number of H-pyrrole nitrogens is 1. The van der Waals surface area contributed by atoms with Crippen molar-refractivity contribution in [1.29, 1.82) is 0 Å². The maximum Gasteiger partial charge on any atom is 0.273 e. The number of hydrogen-bond acceptors (Lipinski definition) is 10. The Bertz CT molecular complexity index is 1870. The number of nitrogens with zero attached hydrogens (tertiary/aromatic N) is 6. The number of benzene rings is 1. The van der Waals surface area contributed by atoms with Crippen LogP contribution < -0.4 is 10.6 Å². The highest BCUT2D eigenvalue weighted by atomic mass is 19.1. The minimum absolute atomic E-state index is 0.0755. The zero-order valence-corrected chi connectivity index (χ0v) is 25.7. The Balaban J connectivity index is 1.05. The molecule has 0 saturated heterocycles. The summed E-state index contributed by atoms with van der Waals surface area (Å²) in [7, 11) is 0. The molecule has 0 bridgehead atoms. The van der Waals surface area contributed by atoms with Gasteiger partial charge in [-0.25, -0.2) is 23.7 Å². The molecule has 13 nitrogen and oxygen atoms in total. The van der Waals surface area contributed by atoms with Gasteiger partial charge in [-0.05, 0) is 36.4 Å². The molecule has 5 aromatic heterocycles. The highest BCUT2D eigenvalue weighted by molar-refractivity contribution is 5.92. The van der Waals surface area contributed by atoms with Gasteiger partial charge in [0.05, 0.1) is 35.5 Å². The summed E-state index contributed by atoms with van der Waals surface area (Å²) in [5.41, 5.74) is 2.22. The summed E-state index contributed by atoms with van der Waals surface area (Å²) in [5, 5.41) is 5.20. The number of hydrogen-bond donors (Lipinski definition) is 3. The number of carbonyl (C=O) groups is 2. The molecule has 0 fully saturated rings. The average molecular weight is 656 g/mol. The summed E-state index contributed by atoms with van der Waals surface area (Å²) in [6.45, 7) is 1.48. The van der Waals surface area contributed by atoms with Gasteiger partial charge in [0, 0.05) is 51.3 Å². The Morgan fingerprint density at radius 3 is 1.79 bits per heavy atom. The summed E-state index contributed by atoms with van der Waals surface area (Å²) in [6, 6.07) is 13.3. The van der Waals surface area contributed by atoms with E-state index in [0.29, 0.717) is 50.7 Å². The van der Waals surface area contributed by atoms with Crippen LogP contribution in [0.25, 0.3) is 11.0 Å². The number of para-hydroxylation sites is 2. The van der Waals surface area contributed by atoms with Crippen LogP contribution in [0.3, 0.4) is 0 Å². The molecule has 1 aromatic carbocycles. The molecular weight excluding hydrogens is 624 g/mol. The highest BCUT2D eigenvalue weighted by Gasteiger charge is 2.17. The van der Waals surface area contributed by atoms with Crippen LogP contribution in [0.1, 0.15) is 50.0 Å². The van der Waals surface area contributed by atoms with Crippen molar-refractivity contribution in [2.45, 2.75) is 32.4 Å². The number of oxazole rings is 2. The fraction of sp³-hybridized carbons (Fsp3) is 0.242. The second kappa shape index (κ2) is 15.2. The van der Waals surface area contributed by atoms with E-state index in [0.717, 1.165) is 16.9 Å². The normalized spacial score (nSPS) is 11.3.